The molecule has 0 aliphatic heterocycles. The quantitative estimate of drug-likeness (QED) is 0.651. The van der Waals surface area contributed by atoms with Crippen molar-refractivity contribution in [3.8, 4) is 11.5 Å². The van der Waals surface area contributed by atoms with Crippen LogP contribution in [0.3, 0.4) is 0 Å². The van der Waals surface area contributed by atoms with Crippen LogP contribution < -0.4 is 15.2 Å². The van der Waals surface area contributed by atoms with Crippen LogP contribution in [0.5, 0.6) is 11.5 Å². The Morgan fingerprint density at radius 1 is 1.14 bits per heavy atom. The maximum Gasteiger partial charge on any atom is 0.145 e. The van der Waals surface area contributed by atoms with Crippen molar-refractivity contribution in [3.63, 3.8) is 0 Å². The molecule has 2 aromatic rings. The van der Waals surface area contributed by atoms with Gasteiger partial charge >= 0.3 is 0 Å². The van der Waals surface area contributed by atoms with Crippen LogP contribution in [0.2, 0.25) is 5.02 Å². The van der Waals surface area contributed by atoms with E-state index < -0.39 is 5.82 Å². The van der Waals surface area contributed by atoms with Gasteiger partial charge in [0, 0.05) is 6.07 Å². The molecule has 0 fully saturated rings. The van der Waals surface area contributed by atoms with Gasteiger partial charge in [-0.25, -0.2) is 4.39 Å². The predicted molar refractivity (Wildman–Crippen MR) is 84.7 cm³/mol. The molecule has 21 heavy (non-hydrogen) atoms. The van der Waals surface area contributed by atoms with E-state index in [4.69, 9.17) is 39.0 Å². The van der Waals surface area contributed by atoms with E-state index in [1.165, 1.54) is 12.1 Å². The van der Waals surface area contributed by atoms with Crippen molar-refractivity contribution >= 4 is 28.8 Å². The molecule has 0 spiro atoms. The molecule has 0 saturated carbocycles. The first kappa shape index (κ1) is 15.5. The largest absolute Gasteiger partial charge is 0.490 e. The van der Waals surface area contributed by atoms with E-state index in [9.17, 15) is 4.39 Å². The van der Waals surface area contributed by atoms with Crippen LogP contribution in [-0.2, 0) is 0 Å². The minimum Gasteiger partial charge on any atom is -0.490 e. The molecule has 0 heterocycles. The summed E-state index contributed by atoms with van der Waals surface area (Å²) in [7, 11) is 0. The predicted octanol–water partition coefficient (Wildman–Crippen LogP) is 3.57. The maximum atomic E-state index is 13.2. The van der Waals surface area contributed by atoms with Crippen LogP contribution >= 0.6 is 23.8 Å². The first-order valence-corrected chi connectivity index (χ1v) is 6.96. The Bertz CT molecular complexity index is 651. The number of rotatable bonds is 6. The number of hydrogen-bond donors (Lipinski definition) is 1. The molecular formula is C15H13ClFNO2S. The number of thiocarbonyl (C=S) groups is 1. The Kier molecular flexibility index (Phi) is 5.36. The Labute approximate surface area is 132 Å². The number of benzene rings is 2. The van der Waals surface area contributed by atoms with E-state index in [1.54, 1.807) is 18.2 Å². The van der Waals surface area contributed by atoms with Gasteiger partial charge in [0.05, 0.1) is 10.6 Å². The Hall–Kier alpha value is -1.85. The molecule has 0 saturated heterocycles. The molecule has 2 rings (SSSR count). The van der Waals surface area contributed by atoms with Gasteiger partial charge in [-0.1, -0.05) is 36.0 Å². The van der Waals surface area contributed by atoms with Crippen molar-refractivity contribution in [2.75, 3.05) is 13.2 Å². The highest BCUT2D eigenvalue weighted by Crippen LogP contribution is 2.21. The van der Waals surface area contributed by atoms with Gasteiger partial charge in [0.2, 0.25) is 0 Å². The number of para-hydroxylation sites is 1. The molecule has 0 bridgehead atoms. The number of hydrogen-bond acceptors (Lipinski definition) is 3. The lowest BCUT2D eigenvalue weighted by molar-refractivity contribution is 0.216. The SMILES string of the molecule is NC(=S)c1ccccc1OCCOc1ccc(Cl)c(F)c1. The van der Waals surface area contributed by atoms with Gasteiger partial charge in [-0.05, 0) is 24.3 Å². The van der Waals surface area contributed by atoms with E-state index >= 15 is 0 Å². The third-order valence-corrected chi connectivity index (χ3v) is 3.18. The van der Waals surface area contributed by atoms with Gasteiger partial charge < -0.3 is 15.2 Å². The first-order chi connectivity index (χ1) is 10.1. The van der Waals surface area contributed by atoms with Crippen molar-refractivity contribution < 1.29 is 13.9 Å². The fourth-order valence-corrected chi connectivity index (χ4v) is 1.96. The highest BCUT2D eigenvalue weighted by atomic mass is 35.5. The van der Waals surface area contributed by atoms with Crippen molar-refractivity contribution in [3.05, 3.63) is 58.9 Å². The summed E-state index contributed by atoms with van der Waals surface area (Å²) in [4.78, 5) is 0.270. The van der Waals surface area contributed by atoms with Crippen molar-refractivity contribution in [2.24, 2.45) is 5.73 Å². The normalized spacial score (nSPS) is 10.2. The van der Waals surface area contributed by atoms with E-state index in [-0.39, 0.29) is 23.2 Å². The molecule has 3 nitrogen and oxygen atoms in total. The van der Waals surface area contributed by atoms with Gasteiger partial charge in [0.15, 0.2) is 0 Å². The Morgan fingerprint density at radius 3 is 2.57 bits per heavy atom. The monoisotopic (exact) mass is 325 g/mol. The highest BCUT2D eigenvalue weighted by Gasteiger charge is 2.06. The third kappa shape index (κ3) is 4.31. The lowest BCUT2D eigenvalue weighted by atomic mass is 10.2. The van der Waals surface area contributed by atoms with Gasteiger partial charge in [-0.3, -0.25) is 0 Å². The van der Waals surface area contributed by atoms with Crippen LogP contribution in [0.25, 0.3) is 0 Å². The van der Waals surface area contributed by atoms with Crippen LogP contribution in [0.15, 0.2) is 42.5 Å². The second-order valence-electron chi connectivity index (χ2n) is 4.13. The van der Waals surface area contributed by atoms with Gasteiger partial charge in [-0.2, -0.15) is 0 Å². The van der Waals surface area contributed by atoms with Crippen molar-refractivity contribution in [1.82, 2.24) is 0 Å². The number of halogens is 2. The molecule has 0 unspecified atom stereocenters. The summed E-state index contributed by atoms with van der Waals surface area (Å²) < 4.78 is 24.2. The average Bonchev–Trinajstić information content (AvgIpc) is 2.47. The van der Waals surface area contributed by atoms with Gasteiger partial charge in [-0.15, -0.1) is 0 Å². The number of nitrogens with two attached hydrogens (primary N) is 1. The van der Waals surface area contributed by atoms with Crippen LogP contribution in [0, 0.1) is 5.82 Å². The molecule has 0 aliphatic carbocycles. The third-order valence-electron chi connectivity index (χ3n) is 2.65. The Balaban J connectivity index is 1.87. The zero-order valence-electron chi connectivity index (χ0n) is 11.0. The molecule has 0 atom stereocenters. The summed E-state index contributed by atoms with van der Waals surface area (Å²) in [6, 6.07) is 11.5. The maximum absolute atomic E-state index is 13.2. The summed E-state index contributed by atoms with van der Waals surface area (Å²) >= 11 is 10.5. The lowest BCUT2D eigenvalue weighted by Gasteiger charge is -2.11. The van der Waals surface area contributed by atoms with Crippen molar-refractivity contribution in [2.45, 2.75) is 0 Å². The molecule has 110 valence electrons. The molecule has 0 aromatic heterocycles. The molecule has 0 amide bonds. The van der Waals surface area contributed by atoms with Crippen LogP contribution in [0.4, 0.5) is 4.39 Å². The van der Waals surface area contributed by atoms with Crippen molar-refractivity contribution in [1.29, 1.82) is 0 Å². The summed E-state index contributed by atoms with van der Waals surface area (Å²) in [5.74, 6) is 0.466. The van der Waals surface area contributed by atoms with Crippen LogP contribution in [-0.4, -0.2) is 18.2 Å². The van der Waals surface area contributed by atoms with E-state index in [1.807, 2.05) is 12.1 Å². The van der Waals surface area contributed by atoms with Gasteiger partial charge in [0.25, 0.3) is 0 Å². The first-order valence-electron chi connectivity index (χ1n) is 6.17. The summed E-state index contributed by atoms with van der Waals surface area (Å²) in [6.07, 6.45) is 0. The molecule has 0 radical (unpaired) electrons. The molecule has 0 aliphatic rings. The fourth-order valence-electron chi connectivity index (χ4n) is 1.67. The van der Waals surface area contributed by atoms with E-state index in [0.29, 0.717) is 17.1 Å². The zero-order chi connectivity index (χ0) is 15.2. The zero-order valence-corrected chi connectivity index (χ0v) is 12.6. The topological polar surface area (TPSA) is 44.5 Å². The summed E-state index contributed by atoms with van der Waals surface area (Å²) in [5.41, 5.74) is 6.28. The number of ether oxygens (including phenoxy) is 2. The second-order valence-corrected chi connectivity index (χ2v) is 4.98. The summed E-state index contributed by atoms with van der Waals surface area (Å²) in [5, 5.41) is 0.0592. The standard InChI is InChI=1S/C15H13ClFNO2S/c16-12-6-5-10(9-13(12)17)19-7-8-20-14-4-2-1-3-11(14)15(18)21/h1-6,9H,7-8H2,(H2,18,21). The fraction of sp³-hybridized carbons (Fsp3) is 0.133. The highest BCUT2D eigenvalue weighted by molar-refractivity contribution is 7.80. The Morgan fingerprint density at radius 2 is 1.86 bits per heavy atom. The molecule has 2 aromatic carbocycles. The van der Waals surface area contributed by atoms with Gasteiger partial charge in [0.1, 0.15) is 35.5 Å². The smallest absolute Gasteiger partial charge is 0.145 e. The van der Waals surface area contributed by atoms with E-state index in [2.05, 4.69) is 0 Å². The summed E-state index contributed by atoms with van der Waals surface area (Å²) in [6.45, 7) is 0.538. The minimum atomic E-state index is -0.520. The minimum absolute atomic E-state index is 0.0592. The molecule has 2 N–H and O–H groups in total. The van der Waals surface area contributed by atoms with Crippen LogP contribution in [0.1, 0.15) is 5.56 Å². The lowest BCUT2D eigenvalue weighted by Crippen LogP contribution is -2.14. The second kappa shape index (κ2) is 7.24. The average molecular weight is 326 g/mol. The van der Waals surface area contributed by atoms with E-state index in [0.717, 1.165) is 0 Å². The molecule has 6 heteroatoms. The molecular weight excluding hydrogens is 313 g/mol.